The molecule has 0 saturated carbocycles. The monoisotopic (exact) mass is 246 g/mol. The van der Waals surface area contributed by atoms with Gasteiger partial charge >= 0.3 is 5.97 Å². The van der Waals surface area contributed by atoms with Crippen LogP contribution in [-0.4, -0.2) is 20.5 Å². The van der Waals surface area contributed by atoms with E-state index in [-0.39, 0.29) is 18.8 Å². The fourth-order valence-corrected chi connectivity index (χ4v) is 1.43. The van der Waals surface area contributed by atoms with E-state index in [2.05, 4.69) is 4.98 Å². The Morgan fingerprint density at radius 1 is 1.47 bits per heavy atom. The molecule has 2 rings (SSSR count). The molecule has 2 aromatic heterocycles. The van der Waals surface area contributed by atoms with Crippen LogP contribution in [0.15, 0.2) is 24.5 Å². The summed E-state index contributed by atoms with van der Waals surface area (Å²) < 4.78 is 1.71. The van der Waals surface area contributed by atoms with Crippen molar-refractivity contribution in [1.29, 1.82) is 0 Å². The van der Waals surface area contributed by atoms with Crippen molar-refractivity contribution in [2.75, 3.05) is 0 Å². The Kier molecular flexibility index (Phi) is 3.55. The fourth-order valence-electron chi connectivity index (χ4n) is 1.26. The number of hydrogen-bond acceptors (Lipinski definition) is 2. The standard InChI is InChI=1S/C9H7ClN2O2.ClH/c10-6-1-2-8-11-7(3-9(13)14)5-12(8)4-6;/h1-2,4-5H,3H2,(H,13,14);1H. The first-order valence-electron chi connectivity index (χ1n) is 4.00. The number of hydrogen-bond donors (Lipinski definition) is 1. The molecule has 0 aliphatic carbocycles. The van der Waals surface area contributed by atoms with Crippen LogP contribution in [0.5, 0.6) is 0 Å². The predicted molar refractivity (Wildman–Crippen MR) is 58.8 cm³/mol. The van der Waals surface area contributed by atoms with Gasteiger partial charge in [0.15, 0.2) is 0 Å². The zero-order chi connectivity index (χ0) is 10.1. The summed E-state index contributed by atoms with van der Waals surface area (Å²) in [5.74, 6) is -0.889. The molecule has 15 heavy (non-hydrogen) atoms. The quantitative estimate of drug-likeness (QED) is 0.883. The fraction of sp³-hybridized carbons (Fsp3) is 0.111. The largest absolute Gasteiger partial charge is 0.481 e. The van der Waals surface area contributed by atoms with Crippen LogP contribution in [0.3, 0.4) is 0 Å². The van der Waals surface area contributed by atoms with E-state index in [0.717, 1.165) is 0 Å². The lowest BCUT2D eigenvalue weighted by Crippen LogP contribution is -1.99. The van der Waals surface area contributed by atoms with E-state index in [1.807, 2.05) is 0 Å². The van der Waals surface area contributed by atoms with Crippen LogP contribution in [0.2, 0.25) is 5.02 Å². The zero-order valence-electron chi connectivity index (χ0n) is 7.55. The molecule has 6 heteroatoms. The molecule has 0 aliphatic rings. The number of carbonyl (C=O) groups is 1. The molecule has 4 nitrogen and oxygen atoms in total. The third kappa shape index (κ3) is 2.61. The maximum atomic E-state index is 10.4. The first-order chi connectivity index (χ1) is 6.65. The molecule has 0 unspecified atom stereocenters. The van der Waals surface area contributed by atoms with Gasteiger partial charge in [0.25, 0.3) is 0 Å². The van der Waals surface area contributed by atoms with Crippen LogP contribution in [-0.2, 0) is 11.2 Å². The summed E-state index contributed by atoms with van der Waals surface area (Å²) in [4.78, 5) is 14.6. The van der Waals surface area contributed by atoms with Gasteiger partial charge in [-0.2, -0.15) is 0 Å². The van der Waals surface area contributed by atoms with Gasteiger partial charge in [0.05, 0.1) is 17.1 Å². The normalized spacial score (nSPS) is 9.93. The average molecular weight is 247 g/mol. The minimum Gasteiger partial charge on any atom is -0.481 e. The molecule has 1 N–H and O–H groups in total. The van der Waals surface area contributed by atoms with Crippen molar-refractivity contribution in [2.45, 2.75) is 6.42 Å². The average Bonchev–Trinajstić information content (AvgIpc) is 2.44. The lowest BCUT2D eigenvalue weighted by atomic mass is 10.3. The van der Waals surface area contributed by atoms with Gasteiger partial charge in [-0.15, -0.1) is 12.4 Å². The molecule has 0 aliphatic heterocycles. The molecule has 0 saturated heterocycles. The van der Waals surface area contributed by atoms with E-state index >= 15 is 0 Å². The van der Waals surface area contributed by atoms with E-state index in [1.165, 1.54) is 0 Å². The molecule has 2 aromatic rings. The van der Waals surface area contributed by atoms with Crippen molar-refractivity contribution in [2.24, 2.45) is 0 Å². The molecule has 0 atom stereocenters. The third-order valence-electron chi connectivity index (χ3n) is 1.80. The molecule has 2 heterocycles. The van der Waals surface area contributed by atoms with Gasteiger partial charge in [-0.3, -0.25) is 4.79 Å². The molecule has 0 spiro atoms. The number of halogens is 2. The van der Waals surface area contributed by atoms with E-state index in [1.54, 1.807) is 28.9 Å². The molecule has 80 valence electrons. The Labute approximate surface area is 96.9 Å². The number of pyridine rings is 1. The molecule has 0 bridgehead atoms. The number of carboxylic acid groups (broad SMARTS) is 1. The van der Waals surface area contributed by atoms with Crippen LogP contribution in [0.4, 0.5) is 0 Å². The van der Waals surface area contributed by atoms with Crippen molar-refractivity contribution in [1.82, 2.24) is 9.38 Å². The van der Waals surface area contributed by atoms with Crippen LogP contribution in [0, 0.1) is 0 Å². The summed E-state index contributed by atoms with van der Waals surface area (Å²) in [5.41, 5.74) is 1.23. The third-order valence-corrected chi connectivity index (χ3v) is 2.02. The lowest BCUT2D eigenvalue weighted by Gasteiger charge is -1.91. The zero-order valence-corrected chi connectivity index (χ0v) is 9.13. The summed E-state index contributed by atoms with van der Waals surface area (Å²) in [6.45, 7) is 0. The lowest BCUT2D eigenvalue weighted by molar-refractivity contribution is -0.136. The van der Waals surface area contributed by atoms with E-state index in [0.29, 0.717) is 16.4 Å². The smallest absolute Gasteiger partial charge is 0.309 e. The molecule has 0 fully saturated rings. The summed E-state index contributed by atoms with van der Waals surface area (Å²) >= 11 is 5.77. The maximum Gasteiger partial charge on any atom is 0.309 e. The van der Waals surface area contributed by atoms with E-state index < -0.39 is 5.97 Å². The topological polar surface area (TPSA) is 54.6 Å². The Balaban J connectivity index is 0.00000112. The Morgan fingerprint density at radius 2 is 2.20 bits per heavy atom. The van der Waals surface area contributed by atoms with Crippen LogP contribution in [0.1, 0.15) is 5.69 Å². The van der Waals surface area contributed by atoms with Crippen molar-refractivity contribution in [3.8, 4) is 0 Å². The number of carboxylic acids is 1. The van der Waals surface area contributed by atoms with Crippen LogP contribution >= 0.6 is 24.0 Å². The summed E-state index contributed by atoms with van der Waals surface area (Å²) in [5, 5.41) is 9.17. The second kappa shape index (κ2) is 4.51. The van der Waals surface area contributed by atoms with Crippen molar-refractivity contribution in [3.05, 3.63) is 35.2 Å². The molecule has 0 amide bonds. The predicted octanol–water partition coefficient (Wildman–Crippen LogP) is 2.04. The maximum absolute atomic E-state index is 10.4. The van der Waals surface area contributed by atoms with Crippen molar-refractivity contribution in [3.63, 3.8) is 0 Å². The first kappa shape index (κ1) is 11.8. The summed E-state index contributed by atoms with van der Waals surface area (Å²) in [6, 6.07) is 3.46. The van der Waals surface area contributed by atoms with Crippen LogP contribution < -0.4 is 0 Å². The van der Waals surface area contributed by atoms with Gasteiger partial charge < -0.3 is 9.51 Å². The highest BCUT2D eigenvalue weighted by Gasteiger charge is 2.05. The van der Waals surface area contributed by atoms with Gasteiger partial charge in [-0.25, -0.2) is 4.98 Å². The molecule has 0 radical (unpaired) electrons. The minimum absolute atomic E-state index is 0. The number of aromatic nitrogens is 2. The highest BCUT2D eigenvalue weighted by molar-refractivity contribution is 6.30. The first-order valence-corrected chi connectivity index (χ1v) is 4.38. The Bertz CT molecular complexity index is 496. The SMILES string of the molecule is Cl.O=C(O)Cc1cn2cc(Cl)ccc2n1. The van der Waals surface area contributed by atoms with E-state index in [9.17, 15) is 4.79 Å². The number of fused-ring (bicyclic) bond motifs is 1. The number of imidazole rings is 1. The van der Waals surface area contributed by atoms with Gasteiger partial charge in [0.2, 0.25) is 0 Å². The number of rotatable bonds is 2. The number of nitrogens with zero attached hydrogens (tertiary/aromatic N) is 2. The summed E-state index contributed by atoms with van der Waals surface area (Å²) in [6.07, 6.45) is 3.28. The van der Waals surface area contributed by atoms with E-state index in [4.69, 9.17) is 16.7 Å². The van der Waals surface area contributed by atoms with Crippen LogP contribution in [0.25, 0.3) is 5.65 Å². The minimum atomic E-state index is -0.889. The Morgan fingerprint density at radius 3 is 2.87 bits per heavy atom. The molecular weight excluding hydrogens is 239 g/mol. The van der Waals surface area contributed by atoms with Gasteiger partial charge in [-0.05, 0) is 12.1 Å². The molecule has 0 aromatic carbocycles. The van der Waals surface area contributed by atoms with Crippen molar-refractivity contribution < 1.29 is 9.90 Å². The van der Waals surface area contributed by atoms with Gasteiger partial charge in [0.1, 0.15) is 5.65 Å². The molecular formula is C9H8Cl2N2O2. The highest BCUT2D eigenvalue weighted by atomic mass is 35.5. The van der Waals surface area contributed by atoms with Gasteiger partial charge in [0, 0.05) is 12.4 Å². The summed E-state index contributed by atoms with van der Waals surface area (Å²) in [7, 11) is 0. The number of aliphatic carboxylic acids is 1. The Hall–Kier alpha value is -1.26. The van der Waals surface area contributed by atoms with Gasteiger partial charge in [-0.1, -0.05) is 11.6 Å². The second-order valence-electron chi connectivity index (χ2n) is 2.92. The second-order valence-corrected chi connectivity index (χ2v) is 3.35. The van der Waals surface area contributed by atoms with Crippen molar-refractivity contribution >= 4 is 35.6 Å². The highest BCUT2D eigenvalue weighted by Crippen LogP contribution is 2.11.